The lowest BCUT2D eigenvalue weighted by molar-refractivity contribution is -0.385. The minimum Gasteiger partial charge on any atom is -0.431 e. The van der Waals surface area contributed by atoms with Crippen LogP contribution in [0.1, 0.15) is 0 Å². The van der Waals surface area contributed by atoms with Gasteiger partial charge in [0, 0.05) is 19.2 Å². The number of rotatable bonds is 4. The number of aromatic nitrogens is 1. The van der Waals surface area contributed by atoms with Crippen molar-refractivity contribution in [1.82, 2.24) is 4.98 Å². The number of nitro groups is 1. The van der Waals surface area contributed by atoms with E-state index < -0.39 is 4.92 Å². The predicted molar refractivity (Wildman–Crippen MR) is 74.7 cm³/mol. The fourth-order valence-corrected chi connectivity index (χ4v) is 1.89. The van der Waals surface area contributed by atoms with Gasteiger partial charge in [0.25, 0.3) is 0 Å². The van der Waals surface area contributed by atoms with Gasteiger partial charge < -0.3 is 10.1 Å². The highest BCUT2D eigenvalue weighted by atomic mass is 79.9. The van der Waals surface area contributed by atoms with Gasteiger partial charge in [0.15, 0.2) is 0 Å². The van der Waals surface area contributed by atoms with Crippen molar-refractivity contribution in [3.8, 4) is 11.6 Å². The Balaban J connectivity index is 2.40. The van der Waals surface area contributed by atoms with E-state index >= 15 is 0 Å². The topological polar surface area (TPSA) is 77.3 Å². The van der Waals surface area contributed by atoms with Crippen LogP contribution in [0.5, 0.6) is 11.6 Å². The standard InChI is InChI=1S/C12H10BrN3O3/c1-14-10-6-3-7-11(15-10)19-12-8(13)4-2-5-9(12)16(17)18/h2-7H,1H3,(H,14,15). The highest BCUT2D eigenvalue weighted by Crippen LogP contribution is 2.37. The summed E-state index contributed by atoms with van der Waals surface area (Å²) >= 11 is 3.24. The number of benzene rings is 1. The summed E-state index contributed by atoms with van der Waals surface area (Å²) in [6.45, 7) is 0. The molecule has 0 bridgehead atoms. The average Bonchev–Trinajstić information content (AvgIpc) is 2.41. The molecule has 0 aliphatic heterocycles. The second-order valence-corrected chi connectivity index (χ2v) is 4.41. The van der Waals surface area contributed by atoms with Crippen LogP contribution in [0.25, 0.3) is 0 Å². The summed E-state index contributed by atoms with van der Waals surface area (Å²) in [5.74, 6) is 1.03. The molecule has 7 heteroatoms. The molecule has 1 aromatic carbocycles. The van der Waals surface area contributed by atoms with E-state index in [1.54, 1.807) is 37.4 Å². The lowest BCUT2D eigenvalue weighted by Gasteiger charge is -2.08. The van der Waals surface area contributed by atoms with E-state index in [-0.39, 0.29) is 17.3 Å². The number of hydrogen-bond acceptors (Lipinski definition) is 5. The van der Waals surface area contributed by atoms with Crippen LogP contribution in [0.3, 0.4) is 0 Å². The van der Waals surface area contributed by atoms with Crippen LogP contribution in [-0.2, 0) is 0 Å². The summed E-state index contributed by atoms with van der Waals surface area (Å²) < 4.78 is 6.00. The first-order chi connectivity index (χ1) is 9.11. The highest BCUT2D eigenvalue weighted by Gasteiger charge is 2.19. The maximum atomic E-state index is 11.0. The zero-order chi connectivity index (χ0) is 13.8. The van der Waals surface area contributed by atoms with Crippen LogP contribution in [-0.4, -0.2) is 17.0 Å². The van der Waals surface area contributed by atoms with Gasteiger partial charge in [-0.2, -0.15) is 4.98 Å². The number of ether oxygens (including phenoxy) is 1. The maximum absolute atomic E-state index is 11.0. The van der Waals surface area contributed by atoms with E-state index in [1.165, 1.54) is 6.07 Å². The van der Waals surface area contributed by atoms with Crippen molar-refractivity contribution >= 4 is 27.4 Å². The Morgan fingerprint density at radius 1 is 1.32 bits per heavy atom. The van der Waals surface area contributed by atoms with Gasteiger partial charge in [-0.05, 0) is 28.1 Å². The van der Waals surface area contributed by atoms with Crippen molar-refractivity contribution in [2.75, 3.05) is 12.4 Å². The average molecular weight is 324 g/mol. The molecule has 1 heterocycles. The quantitative estimate of drug-likeness (QED) is 0.687. The monoisotopic (exact) mass is 323 g/mol. The number of nitrogens with zero attached hydrogens (tertiary/aromatic N) is 2. The molecule has 0 unspecified atom stereocenters. The zero-order valence-corrected chi connectivity index (χ0v) is 11.5. The molecule has 0 aliphatic carbocycles. The van der Waals surface area contributed by atoms with E-state index in [2.05, 4.69) is 26.2 Å². The first kappa shape index (κ1) is 13.3. The third kappa shape index (κ3) is 3.00. The maximum Gasteiger partial charge on any atom is 0.312 e. The predicted octanol–water partition coefficient (Wildman–Crippen LogP) is 3.59. The molecule has 6 nitrogen and oxygen atoms in total. The van der Waals surface area contributed by atoms with Gasteiger partial charge in [-0.25, -0.2) is 0 Å². The van der Waals surface area contributed by atoms with Crippen molar-refractivity contribution in [1.29, 1.82) is 0 Å². The Labute approximate surface area is 117 Å². The molecule has 0 aliphatic rings. The molecule has 0 radical (unpaired) electrons. The van der Waals surface area contributed by atoms with Crippen LogP contribution < -0.4 is 10.1 Å². The molecule has 1 N–H and O–H groups in total. The molecule has 1 aromatic heterocycles. The van der Waals surface area contributed by atoms with Gasteiger partial charge in [0.2, 0.25) is 11.6 Å². The van der Waals surface area contributed by atoms with E-state index in [1.807, 2.05) is 0 Å². The molecular formula is C12H10BrN3O3. The summed E-state index contributed by atoms with van der Waals surface area (Å²) in [5, 5.41) is 13.8. The molecule has 0 amide bonds. The third-order valence-electron chi connectivity index (χ3n) is 2.33. The number of para-hydroxylation sites is 1. The minimum absolute atomic E-state index is 0.119. The van der Waals surface area contributed by atoms with Gasteiger partial charge in [-0.15, -0.1) is 0 Å². The zero-order valence-electron chi connectivity index (χ0n) is 9.96. The Morgan fingerprint density at radius 3 is 2.74 bits per heavy atom. The largest absolute Gasteiger partial charge is 0.431 e. The summed E-state index contributed by atoms with van der Waals surface area (Å²) in [6.07, 6.45) is 0. The van der Waals surface area contributed by atoms with Crippen LogP contribution in [0.4, 0.5) is 11.5 Å². The van der Waals surface area contributed by atoms with Gasteiger partial charge in [0.1, 0.15) is 5.82 Å². The Morgan fingerprint density at radius 2 is 2.05 bits per heavy atom. The second kappa shape index (κ2) is 5.66. The number of hydrogen-bond donors (Lipinski definition) is 1. The van der Waals surface area contributed by atoms with Crippen LogP contribution >= 0.6 is 15.9 Å². The van der Waals surface area contributed by atoms with Crippen molar-refractivity contribution in [2.24, 2.45) is 0 Å². The molecule has 0 saturated carbocycles. The van der Waals surface area contributed by atoms with Gasteiger partial charge in [0.05, 0.1) is 9.40 Å². The highest BCUT2D eigenvalue weighted by molar-refractivity contribution is 9.10. The van der Waals surface area contributed by atoms with Gasteiger partial charge in [-0.1, -0.05) is 12.1 Å². The van der Waals surface area contributed by atoms with Crippen LogP contribution in [0.2, 0.25) is 0 Å². The normalized spacial score (nSPS) is 10.0. The smallest absolute Gasteiger partial charge is 0.312 e. The van der Waals surface area contributed by atoms with Crippen LogP contribution in [0.15, 0.2) is 40.9 Å². The van der Waals surface area contributed by atoms with Crippen molar-refractivity contribution in [2.45, 2.75) is 0 Å². The van der Waals surface area contributed by atoms with Crippen molar-refractivity contribution < 1.29 is 9.66 Å². The van der Waals surface area contributed by atoms with Crippen molar-refractivity contribution in [3.63, 3.8) is 0 Å². The van der Waals surface area contributed by atoms with Gasteiger partial charge in [-0.3, -0.25) is 10.1 Å². The first-order valence-corrected chi connectivity index (χ1v) is 6.16. The fraction of sp³-hybridized carbons (Fsp3) is 0.0833. The lowest BCUT2D eigenvalue weighted by atomic mass is 10.3. The molecule has 0 saturated heterocycles. The number of halogens is 1. The Bertz CT molecular complexity index is 619. The summed E-state index contributed by atoms with van der Waals surface area (Å²) in [5.41, 5.74) is -0.119. The molecule has 98 valence electrons. The Hall–Kier alpha value is -2.15. The molecule has 19 heavy (non-hydrogen) atoms. The summed E-state index contributed by atoms with van der Waals surface area (Å²) in [6, 6.07) is 9.76. The summed E-state index contributed by atoms with van der Waals surface area (Å²) in [4.78, 5) is 14.6. The van der Waals surface area contributed by atoms with Gasteiger partial charge >= 0.3 is 5.69 Å². The summed E-state index contributed by atoms with van der Waals surface area (Å²) in [7, 11) is 1.73. The minimum atomic E-state index is -0.498. The Kier molecular flexibility index (Phi) is 3.96. The second-order valence-electron chi connectivity index (χ2n) is 3.56. The SMILES string of the molecule is CNc1cccc(Oc2c(Br)cccc2[N+](=O)[O-])n1. The molecular weight excluding hydrogens is 314 g/mol. The van der Waals surface area contributed by atoms with E-state index in [9.17, 15) is 10.1 Å². The van der Waals surface area contributed by atoms with E-state index in [4.69, 9.17) is 4.74 Å². The lowest BCUT2D eigenvalue weighted by Crippen LogP contribution is -1.97. The number of anilines is 1. The molecule has 0 fully saturated rings. The number of nitro benzene ring substituents is 1. The third-order valence-corrected chi connectivity index (χ3v) is 2.95. The molecule has 2 rings (SSSR count). The molecule has 0 atom stereocenters. The van der Waals surface area contributed by atoms with E-state index in [0.717, 1.165) is 0 Å². The van der Waals surface area contributed by atoms with Crippen molar-refractivity contribution in [3.05, 3.63) is 51.0 Å². The first-order valence-electron chi connectivity index (χ1n) is 5.37. The molecule has 2 aromatic rings. The fourth-order valence-electron chi connectivity index (χ4n) is 1.46. The number of pyridine rings is 1. The van der Waals surface area contributed by atoms with E-state index in [0.29, 0.717) is 10.3 Å². The van der Waals surface area contributed by atoms with Crippen LogP contribution in [0, 0.1) is 10.1 Å². The number of nitrogens with one attached hydrogen (secondary N) is 1. The molecule has 0 spiro atoms.